The highest BCUT2D eigenvalue weighted by Crippen LogP contribution is 2.31. The molecule has 0 saturated carbocycles. The van der Waals surface area contributed by atoms with Gasteiger partial charge >= 0.3 is 0 Å². The monoisotopic (exact) mass is 208 g/mol. The van der Waals surface area contributed by atoms with E-state index >= 15 is 0 Å². The Morgan fingerprint density at radius 3 is 2.60 bits per heavy atom. The van der Waals surface area contributed by atoms with Gasteiger partial charge in [0, 0.05) is 12.0 Å². The lowest BCUT2D eigenvalue weighted by molar-refractivity contribution is -0.108. The van der Waals surface area contributed by atoms with Crippen LogP contribution in [0.25, 0.3) is 0 Å². The van der Waals surface area contributed by atoms with Crippen LogP contribution in [-0.2, 0) is 4.79 Å². The van der Waals surface area contributed by atoms with Crippen LogP contribution in [0.3, 0.4) is 0 Å². The minimum atomic E-state index is 0.146. The molecular formula is C12H16O3. The highest BCUT2D eigenvalue weighted by Gasteiger charge is 2.12. The average Bonchev–Trinajstić information content (AvgIpc) is 2.28. The lowest BCUT2D eigenvalue weighted by Crippen LogP contribution is -1.99. The van der Waals surface area contributed by atoms with Crippen LogP contribution in [0.5, 0.6) is 11.5 Å². The summed E-state index contributed by atoms with van der Waals surface area (Å²) in [6.07, 6.45) is 1.41. The standard InChI is InChI=1S/C12H16O3/c1-9(6-7-13)11-8-10(14-2)4-5-12(11)15-3/h4-5,7-9H,6H2,1-3H3. The summed E-state index contributed by atoms with van der Waals surface area (Å²) >= 11 is 0. The molecule has 0 aromatic heterocycles. The highest BCUT2D eigenvalue weighted by molar-refractivity contribution is 5.53. The van der Waals surface area contributed by atoms with Crippen molar-refractivity contribution in [2.45, 2.75) is 19.3 Å². The van der Waals surface area contributed by atoms with Gasteiger partial charge in [-0.25, -0.2) is 0 Å². The van der Waals surface area contributed by atoms with Crippen LogP contribution < -0.4 is 9.47 Å². The molecule has 0 radical (unpaired) electrons. The lowest BCUT2D eigenvalue weighted by Gasteiger charge is -2.14. The Morgan fingerprint density at radius 2 is 2.07 bits per heavy atom. The molecule has 1 unspecified atom stereocenters. The third kappa shape index (κ3) is 2.72. The van der Waals surface area contributed by atoms with Gasteiger partial charge in [0.05, 0.1) is 14.2 Å². The molecule has 3 nitrogen and oxygen atoms in total. The molecule has 1 aromatic carbocycles. The smallest absolute Gasteiger partial charge is 0.122 e. The Balaban J connectivity index is 3.04. The fourth-order valence-electron chi connectivity index (χ4n) is 1.50. The predicted molar refractivity (Wildman–Crippen MR) is 58.6 cm³/mol. The molecule has 3 heteroatoms. The number of methoxy groups -OCH3 is 2. The molecule has 1 atom stereocenters. The van der Waals surface area contributed by atoms with E-state index in [0.29, 0.717) is 6.42 Å². The van der Waals surface area contributed by atoms with Crippen molar-refractivity contribution in [2.75, 3.05) is 14.2 Å². The van der Waals surface area contributed by atoms with Crippen LogP contribution in [0, 0.1) is 0 Å². The third-order valence-corrected chi connectivity index (χ3v) is 2.42. The van der Waals surface area contributed by atoms with E-state index in [0.717, 1.165) is 23.3 Å². The zero-order chi connectivity index (χ0) is 11.3. The van der Waals surface area contributed by atoms with E-state index in [2.05, 4.69) is 0 Å². The number of ether oxygens (including phenoxy) is 2. The largest absolute Gasteiger partial charge is 0.497 e. The predicted octanol–water partition coefficient (Wildman–Crippen LogP) is 2.40. The second-order valence-corrected chi connectivity index (χ2v) is 3.41. The van der Waals surface area contributed by atoms with Crippen molar-refractivity contribution in [1.82, 2.24) is 0 Å². The Labute approximate surface area is 90.0 Å². The van der Waals surface area contributed by atoms with Crippen molar-refractivity contribution in [2.24, 2.45) is 0 Å². The van der Waals surface area contributed by atoms with Gasteiger partial charge in [-0.3, -0.25) is 0 Å². The molecule has 82 valence electrons. The molecule has 0 aliphatic carbocycles. The zero-order valence-corrected chi connectivity index (χ0v) is 9.32. The Hall–Kier alpha value is -1.51. The van der Waals surface area contributed by atoms with Gasteiger partial charge in [-0.05, 0) is 24.1 Å². The first-order valence-corrected chi connectivity index (χ1v) is 4.88. The molecule has 0 saturated heterocycles. The Bertz CT molecular complexity index is 334. The van der Waals surface area contributed by atoms with E-state index in [1.54, 1.807) is 14.2 Å². The average molecular weight is 208 g/mol. The first kappa shape index (κ1) is 11.6. The van der Waals surface area contributed by atoms with Gasteiger partial charge in [0.15, 0.2) is 0 Å². The minimum absolute atomic E-state index is 0.146. The van der Waals surface area contributed by atoms with Crippen molar-refractivity contribution < 1.29 is 14.3 Å². The van der Waals surface area contributed by atoms with E-state index in [1.165, 1.54) is 0 Å². The van der Waals surface area contributed by atoms with E-state index in [1.807, 2.05) is 25.1 Å². The molecule has 1 aromatic rings. The Morgan fingerprint density at radius 1 is 1.33 bits per heavy atom. The Kier molecular flexibility index (Phi) is 4.16. The summed E-state index contributed by atoms with van der Waals surface area (Å²) < 4.78 is 10.4. The maximum atomic E-state index is 10.5. The number of hydrogen-bond acceptors (Lipinski definition) is 3. The van der Waals surface area contributed by atoms with Crippen LogP contribution in [0.2, 0.25) is 0 Å². The third-order valence-electron chi connectivity index (χ3n) is 2.42. The molecule has 0 fully saturated rings. The van der Waals surface area contributed by atoms with Crippen molar-refractivity contribution in [3.8, 4) is 11.5 Å². The van der Waals surface area contributed by atoms with Crippen molar-refractivity contribution >= 4 is 6.29 Å². The van der Waals surface area contributed by atoms with Gasteiger partial charge in [-0.1, -0.05) is 6.92 Å². The summed E-state index contributed by atoms with van der Waals surface area (Å²) in [5, 5.41) is 0. The molecule has 0 N–H and O–H groups in total. The number of carbonyl (C=O) groups is 1. The summed E-state index contributed by atoms with van der Waals surface area (Å²) in [5.74, 6) is 1.72. The molecule has 0 bridgehead atoms. The van der Waals surface area contributed by atoms with Crippen LogP contribution in [0.4, 0.5) is 0 Å². The van der Waals surface area contributed by atoms with Crippen molar-refractivity contribution in [3.05, 3.63) is 23.8 Å². The summed E-state index contributed by atoms with van der Waals surface area (Å²) in [4.78, 5) is 10.5. The van der Waals surface area contributed by atoms with Gasteiger partial charge in [-0.15, -0.1) is 0 Å². The highest BCUT2D eigenvalue weighted by atomic mass is 16.5. The minimum Gasteiger partial charge on any atom is -0.497 e. The quantitative estimate of drug-likeness (QED) is 0.697. The molecule has 0 aliphatic rings. The lowest BCUT2D eigenvalue weighted by atomic mass is 9.97. The number of aldehydes is 1. The maximum absolute atomic E-state index is 10.5. The summed E-state index contributed by atoms with van der Waals surface area (Å²) in [7, 11) is 3.24. The summed E-state index contributed by atoms with van der Waals surface area (Å²) in [5.41, 5.74) is 1.00. The number of hydrogen-bond donors (Lipinski definition) is 0. The van der Waals surface area contributed by atoms with Crippen molar-refractivity contribution in [3.63, 3.8) is 0 Å². The van der Waals surface area contributed by atoms with E-state index < -0.39 is 0 Å². The van der Waals surface area contributed by atoms with E-state index in [-0.39, 0.29) is 5.92 Å². The van der Waals surface area contributed by atoms with Gasteiger partial charge in [0.25, 0.3) is 0 Å². The van der Waals surface area contributed by atoms with Crippen LogP contribution in [0.15, 0.2) is 18.2 Å². The summed E-state index contributed by atoms with van der Waals surface area (Å²) in [6.45, 7) is 1.99. The summed E-state index contributed by atoms with van der Waals surface area (Å²) in [6, 6.07) is 5.61. The number of carbonyl (C=O) groups excluding carboxylic acids is 1. The first-order valence-electron chi connectivity index (χ1n) is 4.88. The van der Waals surface area contributed by atoms with Crippen LogP contribution >= 0.6 is 0 Å². The fourth-order valence-corrected chi connectivity index (χ4v) is 1.50. The maximum Gasteiger partial charge on any atom is 0.122 e. The van der Waals surface area contributed by atoms with Gasteiger partial charge in [-0.2, -0.15) is 0 Å². The van der Waals surface area contributed by atoms with Gasteiger partial charge in [0.2, 0.25) is 0 Å². The zero-order valence-electron chi connectivity index (χ0n) is 9.32. The van der Waals surface area contributed by atoms with Crippen LogP contribution in [0.1, 0.15) is 24.8 Å². The first-order chi connectivity index (χ1) is 7.22. The normalized spacial score (nSPS) is 11.9. The molecule has 15 heavy (non-hydrogen) atoms. The SMILES string of the molecule is COc1ccc(OC)c(C(C)CC=O)c1. The van der Waals surface area contributed by atoms with Gasteiger partial charge < -0.3 is 14.3 Å². The van der Waals surface area contributed by atoms with Crippen LogP contribution in [-0.4, -0.2) is 20.5 Å². The van der Waals surface area contributed by atoms with Gasteiger partial charge in [0.1, 0.15) is 17.8 Å². The molecular weight excluding hydrogens is 192 g/mol. The number of rotatable bonds is 5. The second-order valence-electron chi connectivity index (χ2n) is 3.41. The molecule has 0 heterocycles. The van der Waals surface area contributed by atoms with Crippen molar-refractivity contribution in [1.29, 1.82) is 0 Å². The fraction of sp³-hybridized carbons (Fsp3) is 0.417. The molecule has 0 spiro atoms. The molecule has 0 amide bonds. The molecule has 0 aliphatic heterocycles. The number of benzene rings is 1. The second kappa shape index (κ2) is 5.39. The van der Waals surface area contributed by atoms with E-state index in [4.69, 9.17) is 9.47 Å². The van der Waals surface area contributed by atoms with E-state index in [9.17, 15) is 4.79 Å². The molecule has 1 rings (SSSR count). The topological polar surface area (TPSA) is 35.5 Å².